The SMILES string of the molecule is CC(C)OCCOc1nc(NN)nc(OC(C)C)n1. The highest BCUT2D eigenvalue weighted by atomic mass is 16.5. The number of nitrogens with one attached hydrogen (secondary N) is 1. The zero-order chi connectivity index (χ0) is 14.3. The van der Waals surface area contributed by atoms with E-state index in [4.69, 9.17) is 20.1 Å². The van der Waals surface area contributed by atoms with E-state index in [1.807, 2.05) is 27.7 Å². The molecule has 0 atom stereocenters. The van der Waals surface area contributed by atoms with Gasteiger partial charge in [-0.25, -0.2) is 5.84 Å². The maximum Gasteiger partial charge on any atom is 0.324 e. The molecule has 0 saturated heterocycles. The van der Waals surface area contributed by atoms with Crippen molar-refractivity contribution in [3.8, 4) is 12.0 Å². The molecule has 19 heavy (non-hydrogen) atoms. The number of nitrogens with two attached hydrogens (primary N) is 1. The molecule has 0 bridgehead atoms. The fourth-order valence-corrected chi connectivity index (χ4v) is 1.15. The Balaban J connectivity index is 2.60. The third kappa shape index (κ3) is 6.16. The number of nitrogens with zero attached hydrogens (tertiary/aromatic N) is 3. The van der Waals surface area contributed by atoms with Crippen LogP contribution in [0.3, 0.4) is 0 Å². The van der Waals surface area contributed by atoms with Crippen LogP contribution in [0.2, 0.25) is 0 Å². The highest BCUT2D eigenvalue weighted by molar-refractivity contribution is 5.25. The van der Waals surface area contributed by atoms with Gasteiger partial charge in [0.2, 0.25) is 5.95 Å². The van der Waals surface area contributed by atoms with E-state index in [1.165, 1.54) is 0 Å². The standard InChI is InChI=1S/C11H21N5O3/c1-7(2)17-5-6-18-10-13-9(16-12)14-11(15-10)19-8(3)4/h7-8H,5-6,12H2,1-4H3,(H,13,14,15,16). The van der Waals surface area contributed by atoms with Gasteiger partial charge in [-0.15, -0.1) is 4.98 Å². The Labute approximate surface area is 112 Å². The molecule has 0 fully saturated rings. The Morgan fingerprint density at radius 2 is 1.68 bits per heavy atom. The third-order valence-electron chi connectivity index (χ3n) is 1.83. The fourth-order valence-electron chi connectivity index (χ4n) is 1.15. The summed E-state index contributed by atoms with van der Waals surface area (Å²) in [5.41, 5.74) is 2.34. The highest BCUT2D eigenvalue weighted by Gasteiger charge is 2.09. The van der Waals surface area contributed by atoms with Crippen LogP contribution in [0.4, 0.5) is 5.95 Å². The second-order valence-electron chi connectivity index (χ2n) is 4.30. The van der Waals surface area contributed by atoms with E-state index in [-0.39, 0.29) is 30.2 Å². The summed E-state index contributed by atoms with van der Waals surface area (Å²) in [4.78, 5) is 11.9. The Kier molecular flexibility index (Phi) is 6.23. The third-order valence-corrected chi connectivity index (χ3v) is 1.83. The van der Waals surface area contributed by atoms with Gasteiger partial charge in [-0.05, 0) is 27.7 Å². The number of hydrazine groups is 1. The molecule has 1 aromatic rings. The first-order chi connectivity index (χ1) is 9.01. The molecule has 1 rings (SSSR count). The van der Waals surface area contributed by atoms with Gasteiger partial charge in [0, 0.05) is 0 Å². The van der Waals surface area contributed by atoms with Crippen LogP contribution in [0.25, 0.3) is 0 Å². The first-order valence-electron chi connectivity index (χ1n) is 6.15. The van der Waals surface area contributed by atoms with Gasteiger partial charge in [-0.1, -0.05) is 0 Å². The molecule has 0 aliphatic heterocycles. The molecule has 0 amide bonds. The number of ether oxygens (including phenoxy) is 3. The topological polar surface area (TPSA) is 104 Å². The van der Waals surface area contributed by atoms with Crippen molar-refractivity contribution in [3.05, 3.63) is 0 Å². The minimum absolute atomic E-state index is 0.0508. The summed E-state index contributed by atoms with van der Waals surface area (Å²) < 4.78 is 16.1. The number of hydrogen-bond donors (Lipinski definition) is 2. The number of hydrogen-bond acceptors (Lipinski definition) is 8. The summed E-state index contributed by atoms with van der Waals surface area (Å²) >= 11 is 0. The van der Waals surface area contributed by atoms with E-state index in [9.17, 15) is 0 Å². The fraction of sp³-hybridized carbons (Fsp3) is 0.727. The minimum atomic E-state index is -0.0508. The van der Waals surface area contributed by atoms with Crippen LogP contribution in [0.15, 0.2) is 0 Å². The van der Waals surface area contributed by atoms with Gasteiger partial charge in [-0.3, -0.25) is 5.43 Å². The Morgan fingerprint density at radius 1 is 1.00 bits per heavy atom. The van der Waals surface area contributed by atoms with Gasteiger partial charge < -0.3 is 14.2 Å². The predicted octanol–water partition coefficient (Wildman–Crippen LogP) is 0.748. The van der Waals surface area contributed by atoms with Crippen LogP contribution in [0.1, 0.15) is 27.7 Å². The van der Waals surface area contributed by atoms with Crippen LogP contribution < -0.4 is 20.7 Å². The van der Waals surface area contributed by atoms with E-state index in [2.05, 4.69) is 20.4 Å². The largest absolute Gasteiger partial charge is 0.461 e. The second-order valence-corrected chi connectivity index (χ2v) is 4.30. The van der Waals surface area contributed by atoms with Gasteiger partial charge in [0.05, 0.1) is 18.8 Å². The molecule has 0 saturated carbocycles. The molecule has 1 heterocycles. The molecule has 8 nitrogen and oxygen atoms in total. The van der Waals surface area contributed by atoms with Gasteiger partial charge in [-0.2, -0.15) is 9.97 Å². The first-order valence-corrected chi connectivity index (χ1v) is 6.15. The lowest BCUT2D eigenvalue weighted by Crippen LogP contribution is -2.17. The molecule has 0 unspecified atom stereocenters. The molecule has 0 aromatic carbocycles. The van der Waals surface area contributed by atoms with Crippen molar-refractivity contribution >= 4 is 5.95 Å². The van der Waals surface area contributed by atoms with Crippen molar-refractivity contribution in [1.82, 2.24) is 15.0 Å². The summed E-state index contributed by atoms with van der Waals surface area (Å²) in [5.74, 6) is 5.46. The molecule has 108 valence electrons. The number of rotatable bonds is 8. The molecule has 0 spiro atoms. The van der Waals surface area contributed by atoms with E-state index in [1.54, 1.807) is 0 Å². The van der Waals surface area contributed by atoms with Crippen molar-refractivity contribution < 1.29 is 14.2 Å². The minimum Gasteiger partial charge on any atom is -0.461 e. The summed E-state index contributed by atoms with van der Waals surface area (Å²) in [7, 11) is 0. The van der Waals surface area contributed by atoms with Crippen LogP contribution >= 0.6 is 0 Å². The van der Waals surface area contributed by atoms with Gasteiger partial charge >= 0.3 is 12.0 Å². The Bertz CT molecular complexity index is 387. The van der Waals surface area contributed by atoms with E-state index >= 15 is 0 Å². The molecular weight excluding hydrogens is 250 g/mol. The van der Waals surface area contributed by atoms with E-state index in [0.29, 0.717) is 13.2 Å². The summed E-state index contributed by atoms with van der Waals surface area (Å²) in [6, 6.07) is 0.309. The van der Waals surface area contributed by atoms with Crippen molar-refractivity contribution in [2.75, 3.05) is 18.6 Å². The van der Waals surface area contributed by atoms with Crippen LogP contribution in [-0.4, -0.2) is 40.4 Å². The maximum absolute atomic E-state index is 5.37. The lowest BCUT2D eigenvalue weighted by Gasteiger charge is -2.11. The van der Waals surface area contributed by atoms with Crippen molar-refractivity contribution in [3.63, 3.8) is 0 Å². The van der Waals surface area contributed by atoms with Crippen molar-refractivity contribution in [2.45, 2.75) is 39.9 Å². The second kappa shape index (κ2) is 7.70. The van der Waals surface area contributed by atoms with Gasteiger partial charge in [0.15, 0.2) is 0 Å². The van der Waals surface area contributed by atoms with Gasteiger partial charge in [0.25, 0.3) is 0 Å². The number of anilines is 1. The highest BCUT2D eigenvalue weighted by Crippen LogP contribution is 2.13. The Morgan fingerprint density at radius 3 is 2.26 bits per heavy atom. The lowest BCUT2D eigenvalue weighted by molar-refractivity contribution is 0.0527. The molecule has 0 aliphatic carbocycles. The maximum atomic E-state index is 5.37. The molecule has 8 heteroatoms. The summed E-state index contributed by atoms with van der Waals surface area (Å²) in [6.45, 7) is 8.44. The average molecular weight is 271 g/mol. The van der Waals surface area contributed by atoms with Crippen LogP contribution in [0.5, 0.6) is 12.0 Å². The smallest absolute Gasteiger partial charge is 0.324 e. The molecule has 3 N–H and O–H groups in total. The molecule has 1 aromatic heterocycles. The quantitative estimate of drug-likeness (QED) is 0.405. The number of aromatic nitrogens is 3. The normalized spacial score (nSPS) is 10.9. The summed E-state index contributed by atoms with van der Waals surface area (Å²) in [6.07, 6.45) is 0.105. The van der Waals surface area contributed by atoms with Crippen molar-refractivity contribution in [1.29, 1.82) is 0 Å². The van der Waals surface area contributed by atoms with E-state index in [0.717, 1.165) is 0 Å². The lowest BCUT2D eigenvalue weighted by atomic mass is 10.5. The molecule has 0 radical (unpaired) electrons. The Hall–Kier alpha value is -1.67. The number of nitrogen functional groups attached to an aromatic ring is 1. The van der Waals surface area contributed by atoms with Gasteiger partial charge in [0.1, 0.15) is 6.61 Å². The first kappa shape index (κ1) is 15.4. The molecular formula is C11H21N5O3. The predicted molar refractivity (Wildman–Crippen MR) is 70.0 cm³/mol. The molecule has 0 aliphatic rings. The van der Waals surface area contributed by atoms with Crippen molar-refractivity contribution in [2.24, 2.45) is 5.84 Å². The van der Waals surface area contributed by atoms with Crippen LogP contribution in [-0.2, 0) is 4.74 Å². The average Bonchev–Trinajstić information content (AvgIpc) is 2.33. The summed E-state index contributed by atoms with van der Waals surface area (Å²) in [5, 5.41) is 0. The van der Waals surface area contributed by atoms with E-state index < -0.39 is 0 Å². The zero-order valence-electron chi connectivity index (χ0n) is 11.7. The monoisotopic (exact) mass is 271 g/mol. The van der Waals surface area contributed by atoms with Crippen LogP contribution in [0, 0.1) is 0 Å². The zero-order valence-corrected chi connectivity index (χ0v) is 11.7.